The molecule has 0 saturated carbocycles. The van der Waals surface area contributed by atoms with Gasteiger partial charge in [0.15, 0.2) is 22.8 Å². The molecule has 0 aromatic heterocycles. The lowest BCUT2D eigenvalue weighted by Crippen LogP contribution is -2.42. The van der Waals surface area contributed by atoms with E-state index in [-0.39, 0.29) is 19.4 Å². The van der Waals surface area contributed by atoms with E-state index >= 15 is 0 Å². The van der Waals surface area contributed by atoms with Gasteiger partial charge in [-0.15, -0.1) is 0 Å². The molecule has 1 aromatic rings. The number of ether oxygens (including phenoxy) is 2. The van der Waals surface area contributed by atoms with E-state index in [0.717, 1.165) is 6.07 Å². The number of carbonyl (C=O) groups is 2. The van der Waals surface area contributed by atoms with Gasteiger partial charge in [0.1, 0.15) is 0 Å². The van der Waals surface area contributed by atoms with Gasteiger partial charge in [0.2, 0.25) is 5.82 Å². The molecule has 0 unspecified atom stereocenters. The standard InChI is InChI=1S/C16H19F3O4/c1-4-9-22-14(20)16(5-2,6-3)15(21)23-11-8-7-10(17)12(18)13(11)19/h7-8H,4-6,9H2,1-3H3. The molecule has 0 bridgehead atoms. The minimum atomic E-state index is -1.75. The third kappa shape index (κ3) is 3.83. The molecule has 4 nitrogen and oxygen atoms in total. The van der Waals surface area contributed by atoms with Crippen molar-refractivity contribution in [1.82, 2.24) is 0 Å². The molecule has 0 aliphatic heterocycles. The molecule has 0 atom stereocenters. The number of hydrogen-bond acceptors (Lipinski definition) is 4. The van der Waals surface area contributed by atoms with Crippen LogP contribution in [0.15, 0.2) is 12.1 Å². The zero-order chi connectivity index (χ0) is 17.6. The number of rotatable bonds is 7. The molecule has 1 aromatic carbocycles. The summed E-state index contributed by atoms with van der Waals surface area (Å²) < 4.78 is 49.5. The second-order valence-corrected chi connectivity index (χ2v) is 4.99. The van der Waals surface area contributed by atoms with Gasteiger partial charge in [-0.25, -0.2) is 8.78 Å². The van der Waals surface area contributed by atoms with E-state index in [1.807, 2.05) is 0 Å². The van der Waals surface area contributed by atoms with E-state index in [2.05, 4.69) is 0 Å². The molecule has 0 aliphatic rings. The molecular weight excluding hydrogens is 313 g/mol. The molecule has 0 aliphatic carbocycles. The van der Waals surface area contributed by atoms with Gasteiger partial charge in [-0.05, 0) is 31.4 Å². The topological polar surface area (TPSA) is 52.6 Å². The molecule has 0 heterocycles. The maximum atomic E-state index is 13.6. The van der Waals surface area contributed by atoms with E-state index in [4.69, 9.17) is 9.47 Å². The lowest BCUT2D eigenvalue weighted by molar-refractivity contribution is -0.168. The van der Waals surface area contributed by atoms with Crippen molar-refractivity contribution in [3.8, 4) is 5.75 Å². The van der Waals surface area contributed by atoms with Gasteiger partial charge in [-0.2, -0.15) is 4.39 Å². The van der Waals surface area contributed by atoms with Crippen LogP contribution in [0, 0.1) is 22.9 Å². The summed E-state index contributed by atoms with van der Waals surface area (Å²) in [5.74, 6) is -7.39. The number of esters is 2. The molecule has 1 rings (SSSR count). The molecule has 0 saturated heterocycles. The van der Waals surface area contributed by atoms with E-state index in [9.17, 15) is 22.8 Å². The second-order valence-electron chi connectivity index (χ2n) is 4.99. The Bertz CT molecular complexity index is 583. The van der Waals surface area contributed by atoms with Gasteiger partial charge >= 0.3 is 11.9 Å². The summed E-state index contributed by atoms with van der Waals surface area (Å²) in [5.41, 5.74) is -1.62. The maximum absolute atomic E-state index is 13.6. The monoisotopic (exact) mass is 332 g/mol. The predicted molar refractivity (Wildman–Crippen MR) is 76.2 cm³/mol. The van der Waals surface area contributed by atoms with Crippen LogP contribution in [-0.2, 0) is 14.3 Å². The molecule has 0 radical (unpaired) electrons. The first kappa shape index (κ1) is 19.0. The van der Waals surface area contributed by atoms with Gasteiger partial charge in [0.25, 0.3) is 0 Å². The zero-order valence-corrected chi connectivity index (χ0v) is 13.3. The van der Waals surface area contributed by atoms with E-state index < -0.39 is 40.6 Å². The summed E-state index contributed by atoms with van der Waals surface area (Å²) >= 11 is 0. The number of halogens is 3. The fraction of sp³-hybridized carbons (Fsp3) is 0.500. The molecule has 23 heavy (non-hydrogen) atoms. The quantitative estimate of drug-likeness (QED) is 0.330. The Morgan fingerprint density at radius 2 is 1.61 bits per heavy atom. The summed E-state index contributed by atoms with van der Waals surface area (Å²) in [4.78, 5) is 24.5. The highest BCUT2D eigenvalue weighted by molar-refractivity contribution is 6.00. The van der Waals surface area contributed by atoms with Crippen molar-refractivity contribution in [2.24, 2.45) is 5.41 Å². The highest BCUT2D eigenvalue weighted by Gasteiger charge is 2.46. The van der Waals surface area contributed by atoms with Crippen LogP contribution in [0.4, 0.5) is 13.2 Å². The third-order valence-corrected chi connectivity index (χ3v) is 3.63. The van der Waals surface area contributed by atoms with Gasteiger partial charge in [-0.1, -0.05) is 20.8 Å². The highest BCUT2D eigenvalue weighted by atomic mass is 19.2. The smallest absolute Gasteiger partial charge is 0.328 e. The van der Waals surface area contributed by atoms with Crippen molar-refractivity contribution in [1.29, 1.82) is 0 Å². The van der Waals surface area contributed by atoms with Crippen molar-refractivity contribution in [3.05, 3.63) is 29.6 Å². The van der Waals surface area contributed by atoms with Crippen LogP contribution < -0.4 is 4.74 Å². The van der Waals surface area contributed by atoms with Crippen LogP contribution in [0.2, 0.25) is 0 Å². The van der Waals surface area contributed by atoms with E-state index in [1.165, 1.54) is 0 Å². The van der Waals surface area contributed by atoms with Crippen molar-refractivity contribution in [2.45, 2.75) is 40.0 Å². The molecule has 0 fully saturated rings. The van der Waals surface area contributed by atoms with Crippen LogP contribution in [0.5, 0.6) is 5.75 Å². The van der Waals surface area contributed by atoms with Crippen LogP contribution in [0.3, 0.4) is 0 Å². The Balaban J connectivity index is 3.08. The van der Waals surface area contributed by atoms with Crippen LogP contribution in [0.1, 0.15) is 40.0 Å². The average molecular weight is 332 g/mol. The SMILES string of the molecule is CCCOC(=O)C(CC)(CC)C(=O)Oc1ccc(F)c(F)c1F. The van der Waals surface area contributed by atoms with Crippen molar-refractivity contribution in [2.75, 3.05) is 6.61 Å². The minimum absolute atomic E-state index is 0.0657. The Hall–Kier alpha value is -2.05. The number of hydrogen-bond donors (Lipinski definition) is 0. The average Bonchev–Trinajstić information content (AvgIpc) is 2.55. The van der Waals surface area contributed by atoms with Crippen molar-refractivity contribution >= 4 is 11.9 Å². The maximum Gasteiger partial charge on any atom is 0.328 e. The van der Waals surface area contributed by atoms with E-state index in [1.54, 1.807) is 20.8 Å². The number of carbonyl (C=O) groups excluding carboxylic acids is 2. The zero-order valence-electron chi connectivity index (χ0n) is 13.3. The van der Waals surface area contributed by atoms with Crippen molar-refractivity contribution in [3.63, 3.8) is 0 Å². The lowest BCUT2D eigenvalue weighted by atomic mass is 9.82. The van der Waals surface area contributed by atoms with Gasteiger partial charge < -0.3 is 9.47 Å². The lowest BCUT2D eigenvalue weighted by Gasteiger charge is -2.26. The normalized spacial score (nSPS) is 11.2. The Morgan fingerprint density at radius 1 is 1.00 bits per heavy atom. The fourth-order valence-corrected chi connectivity index (χ4v) is 2.03. The Kier molecular flexibility index (Phi) is 6.60. The molecule has 0 N–H and O–H groups in total. The molecule has 0 spiro atoms. The minimum Gasteiger partial charge on any atom is -0.465 e. The molecule has 128 valence electrons. The summed E-state index contributed by atoms with van der Waals surface area (Å²) in [5, 5.41) is 0. The predicted octanol–water partition coefficient (Wildman–Crippen LogP) is 3.77. The van der Waals surface area contributed by atoms with Gasteiger partial charge in [0, 0.05) is 0 Å². The summed E-state index contributed by atoms with van der Waals surface area (Å²) in [6.07, 6.45) is 0.703. The first-order valence-corrected chi connectivity index (χ1v) is 7.37. The van der Waals surface area contributed by atoms with Crippen molar-refractivity contribution < 1.29 is 32.2 Å². The first-order chi connectivity index (χ1) is 10.8. The first-order valence-electron chi connectivity index (χ1n) is 7.37. The van der Waals surface area contributed by atoms with Crippen LogP contribution >= 0.6 is 0 Å². The van der Waals surface area contributed by atoms with E-state index in [0.29, 0.717) is 12.5 Å². The van der Waals surface area contributed by atoms with Gasteiger partial charge in [-0.3, -0.25) is 9.59 Å². The summed E-state index contributed by atoms with van der Waals surface area (Å²) in [6, 6.07) is 1.43. The third-order valence-electron chi connectivity index (χ3n) is 3.63. The van der Waals surface area contributed by atoms with Gasteiger partial charge in [0.05, 0.1) is 6.61 Å². The van der Waals surface area contributed by atoms with Crippen LogP contribution in [0.25, 0.3) is 0 Å². The van der Waals surface area contributed by atoms with Crippen LogP contribution in [-0.4, -0.2) is 18.5 Å². The summed E-state index contributed by atoms with van der Waals surface area (Å²) in [7, 11) is 0. The molecule has 0 amide bonds. The Labute approximate surface area is 132 Å². The number of benzene rings is 1. The second kappa shape index (κ2) is 7.99. The Morgan fingerprint density at radius 3 is 2.13 bits per heavy atom. The molecular formula is C16H19F3O4. The largest absolute Gasteiger partial charge is 0.465 e. The summed E-state index contributed by atoms with van der Waals surface area (Å²) in [6.45, 7) is 5.09. The highest BCUT2D eigenvalue weighted by Crippen LogP contribution is 2.32. The fourth-order valence-electron chi connectivity index (χ4n) is 2.03. The molecule has 7 heteroatoms.